The van der Waals surface area contributed by atoms with Gasteiger partial charge in [-0.05, 0) is 68.7 Å². The fourth-order valence-electron chi connectivity index (χ4n) is 3.44. The molecule has 1 fully saturated rings. The summed E-state index contributed by atoms with van der Waals surface area (Å²) in [5.41, 5.74) is 2.25. The molecule has 1 saturated carbocycles. The summed E-state index contributed by atoms with van der Waals surface area (Å²) < 4.78 is 10.8. The topological polar surface area (TPSA) is 84.9 Å². The molecule has 0 bridgehead atoms. The molecule has 1 amide bonds. The van der Waals surface area contributed by atoms with E-state index in [0.717, 1.165) is 43.6 Å². The van der Waals surface area contributed by atoms with Crippen LogP contribution in [-0.4, -0.2) is 43.3 Å². The molecule has 1 aliphatic rings. The van der Waals surface area contributed by atoms with Gasteiger partial charge < -0.3 is 19.9 Å². The van der Waals surface area contributed by atoms with E-state index >= 15 is 0 Å². The monoisotopic (exact) mass is 363 g/mol. The minimum absolute atomic E-state index is 0.108. The van der Waals surface area contributed by atoms with Gasteiger partial charge in [-0.1, -0.05) is 6.42 Å². The number of carboxylic acids is 1. The van der Waals surface area contributed by atoms with Crippen LogP contribution in [0.4, 0.5) is 0 Å². The Morgan fingerprint density at radius 1 is 1.23 bits per heavy atom. The number of rotatable bonds is 10. The highest BCUT2D eigenvalue weighted by atomic mass is 16.5. The third-order valence-electron chi connectivity index (χ3n) is 5.08. The molecule has 144 valence electrons. The number of nitrogens with one attached hydrogen (secondary N) is 1. The van der Waals surface area contributed by atoms with Crippen molar-refractivity contribution in [1.29, 1.82) is 0 Å². The van der Waals surface area contributed by atoms with Gasteiger partial charge in [-0.25, -0.2) is 4.79 Å². The average Bonchev–Trinajstić information content (AvgIpc) is 2.55. The van der Waals surface area contributed by atoms with E-state index in [9.17, 15) is 9.59 Å². The number of aryl methyl sites for hydroxylation is 2. The zero-order valence-corrected chi connectivity index (χ0v) is 15.9. The summed E-state index contributed by atoms with van der Waals surface area (Å²) in [6, 6.07) is 3.49. The number of aliphatic carboxylic acids is 1. The maximum atomic E-state index is 12.6. The van der Waals surface area contributed by atoms with Crippen molar-refractivity contribution in [2.75, 3.05) is 26.4 Å². The Kier molecular flexibility index (Phi) is 7.03. The zero-order chi connectivity index (χ0) is 19.2. The lowest BCUT2D eigenvalue weighted by Crippen LogP contribution is -2.43. The molecular formula is C20H29NO5. The highest BCUT2D eigenvalue weighted by Crippen LogP contribution is 2.43. The highest BCUT2D eigenvalue weighted by molar-refractivity contribution is 5.95. The number of hydrogen-bond donors (Lipinski definition) is 2. The number of carbonyl (C=O) groups excluding carboxylic acids is 1. The minimum Gasteiger partial charge on any atom is -0.481 e. The zero-order valence-electron chi connectivity index (χ0n) is 15.9. The first-order valence-electron chi connectivity index (χ1n) is 9.19. The number of amides is 1. The van der Waals surface area contributed by atoms with E-state index in [1.54, 1.807) is 12.1 Å². The van der Waals surface area contributed by atoms with Gasteiger partial charge >= 0.3 is 5.97 Å². The van der Waals surface area contributed by atoms with Gasteiger partial charge in [-0.2, -0.15) is 0 Å². The van der Waals surface area contributed by atoms with Gasteiger partial charge in [0.1, 0.15) is 5.75 Å². The smallest absolute Gasteiger partial charge is 0.341 e. The number of hydrogen-bond acceptors (Lipinski definition) is 4. The standard InChI is InChI=1S/C20H29NO5/c1-4-25-9-8-20(6-5-7-20)13-21-19(24)16-10-14(2)18(15(3)11-16)26-12-17(22)23/h10-11H,4-9,12-13H2,1-3H3,(H,21,24)(H,22,23). The molecule has 0 spiro atoms. The van der Waals surface area contributed by atoms with E-state index in [-0.39, 0.29) is 11.3 Å². The maximum absolute atomic E-state index is 12.6. The Bertz CT molecular complexity index is 629. The largest absolute Gasteiger partial charge is 0.481 e. The van der Waals surface area contributed by atoms with Crippen molar-refractivity contribution in [3.63, 3.8) is 0 Å². The number of carboxylic acid groups (broad SMARTS) is 1. The Balaban J connectivity index is 1.97. The van der Waals surface area contributed by atoms with Crippen molar-refractivity contribution in [2.24, 2.45) is 5.41 Å². The second-order valence-electron chi connectivity index (χ2n) is 7.10. The van der Waals surface area contributed by atoms with Gasteiger partial charge in [0.2, 0.25) is 0 Å². The van der Waals surface area contributed by atoms with E-state index < -0.39 is 12.6 Å². The lowest BCUT2D eigenvalue weighted by molar-refractivity contribution is -0.139. The van der Waals surface area contributed by atoms with Crippen LogP contribution >= 0.6 is 0 Å². The summed E-state index contributed by atoms with van der Waals surface area (Å²) in [4.78, 5) is 23.2. The van der Waals surface area contributed by atoms with E-state index in [0.29, 0.717) is 17.9 Å². The van der Waals surface area contributed by atoms with Crippen LogP contribution in [0.5, 0.6) is 5.75 Å². The maximum Gasteiger partial charge on any atom is 0.341 e. The molecule has 0 aliphatic heterocycles. The summed E-state index contributed by atoms with van der Waals surface area (Å²) >= 11 is 0. The first kappa shape index (κ1) is 20.2. The summed E-state index contributed by atoms with van der Waals surface area (Å²) in [5, 5.41) is 11.8. The number of ether oxygens (including phenoxy) is 2. The van der Waals surface area contributed by atoms with Crippen LogP contribution in [0.3, 0.4) is 0 Å². The molecule has 1 aliphatic carbocycles. The lowest BCUT2D eigenvalue weighted by atomic mass is 9.66. The van der Waals surface area contributed by atoms with E-state index in [1.165, 1.54) is 6.42 Å². The van der Waals surface area contributed by atoms with Gasteiger partial charge in [-0.3, -0.25) is 4.79 Å². The van der Waals surface area contributed by atoms with Crippen molar-refractivity contribution >= 4 is 11.9 Å². The van der Waals surface area contributed by atoms with Gasteiger partial charge in [-0.15, -0.1) is 0 Å². The van der Waals surface area contributed by atoms with Gasteiger partial charge in [0.15, 0.2) is 6.61 Å². The molecule has 0 atom stereocenters. The van der Waals surface area contributed by atoms with Crippen LogP contribution in [0.1, 0.15) is 54.1 Å². The van der Waals surface area contributed by atoms with Crippen molar-refractivity contribution in [3.05, 3.63) is 28.8 Å². The fourth-order valence-corrected chi connectivity index (χ4v) is 3.44. The van der Waals surface area contributed by atoms with E-state index in [2.05, 4.69) is 5.32 Å². The molecule has 6 heteroatoms. The van der Waals surface area contributed by atoms with Crippen LogP contribution in [0, 0.1) is 19.3 Å². The summed E-state index contributed by atoms with van der Waals surface area (Å²) in [6.45, 7) is 7.35. The molecule has 0 heterocycles. The minimum atomic E-state index is -1.02. The number of carbonyl (C=O) groups is 2. The van der Waals surface area contributed by atoms with Crippen molar-refractivity contribution in [1.82, 2.24) is 5.32 Å². The Morgan fingerprint density at radius 3 is 2.38 bits per heavy atom. The predicted octanol–water partition coefficient (Wildman–Crippen LogP) is 3.09. The first-order valence-corrected chi connectivity index (χ1v) is 9.19. The first-order chi connectivity index (χ1) is 12.4. The van der Waals surface area contributed by atoms with Crippen LogP contribution < -0.4 is 10.1 Å². The molecular weight excluding hydrogens is 334 g/mol. The summed E-state index contributed by atoms with van der Waals surface area (Å²) in [7, 11) is 0. The second kappa shape index (κ2) is 9.03. The van der Waals surface area contributed by atoms with Crippen LogP contribution in [0.15, 0.2) is 12.1 Å². The Morgan fingerprint density at radius 2 is 1.88 bits per heavy atom. The summed E-state index contributed by atoms with van der Waals surface area (Å²) in [6.07, 6.45) is 4.43. The fraction of sp³-hybridized carbons (Fsp3) is 0.600. The predicted molar refractivity (Wildman–Crippen MR) is 98.8 cm³/mol. The van der Waals surface area contributed by atoms with E-state index in [1.807, 2.05) is 20.8 Å². The quantitative estimate of drug-likeness (QED) is 0.624. The molecule has 1 aromatic carbocycles. The second-order valence-corrected chi connectivity index (χ2v) is 7.10. The van der Waals surface area contributed by atoms with Gasteiger partial charge in [0.05, 0.1) is 0 Å². The highest BCUT2D eigenvalue weighted by Gasteiger charge is 2.36. The molecule has 0 radical (unpaired) electrons. The van der Waals surface area contributed by atoms with Crippen molar-refractivity contribution < 1.29 is 24.2 Å². The van der Waals surface area contributed by atoms with Crippen molar-refractivity contribution in [3.8, 4) is 5.75 Å². The molecule has 0 unspecified atom stereocenters. The Labute approximate surface area is 154 Å². The van der Waals surface area contributed by atoms with Gasteiger partial charge in [0.25, 0.3) is 5.91 Å². The lowest BCUT2D eigenvalue weighted by Gasteiger charge is -2.42. The third-order valence-corrected chi connectivity index (χ3v) is 5.08. The van der Waals surface area contributed by atoms with Crippen LogP contribution in [0.25, 0.3) is 0 Å². The summed E-state index contributed by atoms with van der Waals surface area (Å²) in [5.74, 6) is -0.608. The van der Waals surface area contributed by atoms with Crippen LogP contribution in [0.2, 0.25) is 0 Å². The molecule has 26 heavy (non-hydrogen) atoms. The normalized spacial score (nSPS) is 15.2. The molecule has 1 aromatic rings. The van der Waals surface area contributed by atoms with Gasteiger partial charge in [0, 0.05) is 25.3 Å². The molecule has 2 N–H and O–H groups in total. The average molecular weight is 363 g/mol. The van der Waals surface area contributed by atoms with E-state index in [4.69, 9.17) is 14.6 Å². The third kappa shape index (κ3) is 5.21. The number of benzene rings is 1. The molecule has 2 rings (SSSR count). The molecule has 0 saturated heterocycles. The Hall–Kier alpha value is -2.08. The van der Waals surface area contributed by atoms with Crippen molar-refractivity contribution in [2.45, 2.75) is 46.5 Å². The molecule has 6 nitrogen and oxygen atoms in total. The molecule has 0 aromatic heterocycles. The SMILES string of the molecule is CCOCCC1(CNC(=O)c2cc(C)c(OCC(=O)O)c(C)c2)CCC1. The van der Waals surface area contributed by atoms with Crippen LogP contribution in [-0.2, 0) is 9.53 Å².